The third-order valence-electron chi connectivity index (χ3n) is 3.27. The number of aryl methyl sites for hydroxylation is 1. The zero-order chi connectivity index (χ0) is 15.2. The van der Waals surface area contributed by atoms with Gasteiger partial charge in [0.15, 0.2) is 5.82 Å². The van der Waals surface area contributed by atoms with Crippen molar-refractivity contribution in [1.82, 2.24) is 14.9 Å². The Balaban J connectivity index is 2.00. The van der Waals surface area contributed by atoms with Crippen LogP contribution in [0.2, 0.25) is 0 Å². The van der Waals surface area contributed by atoms with E-state index in [1.807, 2.05) is 12.1 Å². The Morgan fingerprint density at radius 1 is 1.24 bits per heavy atom. The summed E-state index contributed by atoms with van der Waals surface area (Å²) in [6.45, 7) is 8.06. The average Bonchev–Trinajstić information content (AvgIpc) is 2.82. The number of anilines is 2. The van der Waals surface area contributed by atoms with Gasteiger partial charge in [-0.1, -0.05) is 12.1 Å². The minimum absolute atomic E-state index is 0.406. The molecule has 2 aromatic rings. The molecule has 0 amide bonds. The van der Waals surface area contributed by atoms with Crippen LogP contribution in [0.1, 0.15) is 25.2 Å². The number of nitrogens with zero attached hydrogens (tertiary/aromatic N) is 5. The van der Waals surface area contributed by atoms with Crippen molar-refractivity contribution in [3.63, 3.8) is 0 Å². The lowest BCUT2D eigenvalue weighted by atomic mass is 10.2. The third-order valence-corrected chi connectivity index (χ3v) is 3.27. The molecule has 112 valence electrons. The Kier molecular flexibility index (Phi) is 4.76. The molecule has 0 aliphatic heterocycles. The summed E-state index contributed by atoms with van der Waals surface area (Å²) in [5.74, 6) is 6.74. The first-order valence-electron chi connectivity index (χ1n) is 6.96. The number of nitrogen functional groups attached to an aromatic ring is 1. The maximum absolute atomic E-state index is 5.72. The summed E-state index contributed by atoms with van der Waals surface area (Å²) >= 11 is 0. The number of rotatable bonds is 6. The van der Waals surface area contributed by atoms with Crippen molar-refractivity contribution in [1.29, 1.82) is 0 Å². The SMILES string of the molecule is CCN(CC)c1ccc(/C=N/Nc2nnc(C)n2N)cc1. The van der Waals surface area contributed by atoms with Crippen molar-refractivity contribution >= 4 is 17.9 Å². The molecule has 0 spiro atoms. The highest BCUT2D eigenvalue weighted by atomic mass is 15.5. The Bertz CT molecular complexity index is 596. The number of hydrogen-bond donors (Lipinski definition) is 2. The highest BCUT2D eigenvalue weighted by Gasteiger charge is 2.03. The van der Waals surface area contributed by atoms with Gasteiger partial charge in [0.05, 0.1) is 6.21 Å². The molecular formula is C14H21N7. The van der Waals surface area contributed by atoms with Gasteiger partial charge >= 0.3 is 0 Å². The monoisotopic (exact) mass is 287 g/mol. The summed E-state index contributed by atoms with van der Waals surface area (Å²) in [5.41, 5.74) is 4.97. The van der Waals surface area contributed by atoms with Crippen molar-refractivity contribution in [2.24, 2.45) is 5.10 Å². The molecule has 7 nitrogen and oxygen atoms in total. The van der Waals surface area contributed by atoms with Crippen LogP contribution in [0.3, 0.4) is 0 Å². The van der Waals surface area contributed by atoms with E-state index in [2.05, 4.69) is 51.6 Å². The van der Waals surface area contributed by atoms with Crippen molar-refractivity contribution in [3.8, 4) is 0 Å². The van der Waals surface area contributed by atoms with E-state index in [9.17, 15) is 0 Å². The molecule has 1 aromatic heterocycles. The van der Waals surface area contributed by atoms with Gasteiger partial charge in [-0.05, 0) is 38.5 Å². The normalized spacial score (nSPS) is 11.0. The van der Waals surface area contributed by atoms with Gasteiger partial charge in [-0.25, -0.2) is 10.1 Å². The van der Waals surface area contributed by atoms with Crippen LogP contribution in [-0.2, 0) is 0 Å². The van der Waals surface area contributed by atoms with Gasteiger partial charge < -0.3 is 10.7 Å². The first-order valence-corrected chi connectivity index (χ1v) is 6.96. The molecule has 0 aliphatic rings. The average molecular weight is 287 g/mol. The summed E-state index contributed by atoms with van der Waals surface area (Å²) in [5, 5.41) is 11.8. The molecule has 0 radical (unpaired) electrons. The number of nitrogens with one attached hydrogen (secondary N) is 1. The second-order valence-corrected chi connectivity index (χ2v) is 4.57. The molecule has 0 bridgehead atoms. The standard InChI is InChI=1S/C14H21N7/c1-4-20(5-2)13-8-6-12(7-9-13)10-16-18-14-19-17-11(3)21(14)15/h6-10H,4-5,15H2,1-3H3,(H,18,19)/b16-10+. The van der Waals surface area contributed by atoms with Crippen LogP contribution < -0.4 is 16.2 Å². The van der Waals surface area contributed by atoms with Crippen LogP contribution in [0.15, 0.2) is 29.4 Å². The van der Waals surface area contributed by atoms with E-state index in [0.29, 0.717) is 11.8 Å². The van der Waals surface area contributed by atoms with Gasteiger partial charge in [0.2, 0.25) is 0 Å². The number of aromatic nitrogens is 3. The molecule has 0 fully saturated rings. The lowest BCUT2D eigenvalue weighted by molar-refractivity contribution is 0.866. The van der Waals surface area contributed by atoms with Crippen molar-refractivity contribution < 1.29 is 0 Å². The van der Waals surface area contributed by atoms with Gasteiger partial charge in [-0.2, -0.15) is 5.10 Å². The van der Waals surface area contributed by atoms with Crippen LogP contribution >= 0.6 is 0 Å². The molecule has 3 N–H and O–H groups in total. The smallest absolute Gasteiger partial charge is 0.263 e. The quantitative estimate of drug-likeness (QED) is 0.479. The van der Waals surface area contributed by atoms with Crippen molar-refractivity contribution in [2.75, 3.05) is 29.3 Å². The molecule has 1 heterocycles. The van der Waals surface area contributed by atoms with Gasteiger partial charge in [0.1, 0.15) is 0 Å². The molecule has 7 heteroatoms. The molecule has 0 aliphatic carbocycles. The molecule has 0 saturated carbocycles. The summed E-state index contributed by atoms with van der Waals surface area (Å²) < 4.78 is 1.35. The summed E-state index contributed by atoms with van der Waals surface area (Å²) in [7, 11) is 0. The minimum atomic E-state index is 0.406. The third kappa shape index (κ3) is 3.50. The predicted octanol–water partition coefficient (Wildman–Crippen LogP) is 1.59. The lowest BCUT2D eigenvalue weighted by Crippen LogP contribution is -2.21. The summed E-state index contributed by atoms with van der Waals surface area (Å²) in [4.78, 5) is 2.29. The summed E-state index contributed by atoms with van der Waals surface area (Å²) in [6.07, 6.45) is 1.72. The number of hydrazone groups is 1. The van der Waals surface area contributed by atoms with E-state index in [0.717, 1.165) is 18.7 Å². The Hall–Kier alpha value is -2.57. The molecule has 0 saturated heterocycles. The van der Waals surface area contributed by atoms with Gasteiger partial charge in [-0.15, -0.1) is 10.2 Å². The topological polar surface area (TPSA) is 84.4 Å². The van der Waals surface area contributed by atoms with Gasteiger partial charge in [0.25, 0.3) is 5.95 Å². The predicted molar refractivity (Wildman–Crippen MR) is 86.1 cm³/mol. The molecule has 21 heavy (non-hydrogen) atoms. The Labute approximate surface area is 124 Å². The highest BCUT2D eigenvalue weighted by Crippen LogP contribution is 2.14. The van der Waals surface area contributed by atoms with Gasteiger partial charge in [0, 0.05) is 18.8 Å². The number of nitrogens with two attached hydrogens (primary N) is 1. The molecule has 0 unspecified atom stereocenters. The highest BCUT2D eigenvalue weighted by molar-refractivity contribution is 5.80. The number of hydrogen-bond acceptors (Lipinski definition) is 6. The van der Waals surface area contributed by atoms with Crippen LogP contribution in [0.4, 0.5) is 11.6 Å². The molecular weight excluding hydrogens is 266 g/mol. The minimum Gasteiger partial charge on any atom is -0.372 e. The zero-order valence-corrected chi connectivity index (χ0v) is 12.6. The second-order valence-electron chi connectivity index (χ2n) is 4.57. The second kappa shape index (κ2) is 6.74. The van der Waals surface area contributed by atoms with E-state index in [1.54, 1.807) is 13.1 Å². The van der Waals surface area contributed by atoms with E-state index in [1.165, 1.54) is 10.4 Å². The van der Waals surface area contributed by atoms with Crippen molar-refractivity contribution in [2.45, 2.75) is 20.8 Å². The first-order chi connectivity index (χ1) is 10.2. The lowest BCUT2D eigenvalue weighted by Gasteiger charge is -2.20. The van der Waals surface area contributed by atoms with Crippen LogP contribution in [0, 0.1) is 6.92 Å². The van der Waals surface area contributed by atoms with E-state index >= 15 is 0 Å². The first kappa shape index (κ1) is 14.8. The van der Waals surface area contributed by atoms with E-state index < -0.39 is 0 Å². The maximum Gasteiger partial charge on any atom is 0.263 e. The summed E-state index contributed by atoms with van der Waals surface area (Å²) in [6, 6.07) is 8.22. The van der Waals surface area contributed by atoms with E-state index in [4.69, 9.17) is 5.84 Å². The Morgan fingerprint density at radius 3 is 2.43 bits per heavy atom. The number of benzene rings is 1. The van der Waals surface area contributed by atoms with E-state index in [-0.39, 0.29) is 0 Å². The fourth-order valence-electron chi connectivity index (χ4n) is 1.97. The van der Waals surface area contributed by atoms with Crippen molar-refractivity contribution in [3.05, 3.63) is 35.7 Å². The maximum atomic E-state index is 5.72. The fourth-order valence-corrected chi connectivity index (χ4v) is 1.97. The zero-order valence-electron chi connectivity index (χ0n) is 12.6. The Morgan fingerprint density at radius 2 is 1.90 bits per heavy atom. The van der Waals surface area contributed by atoms with Crippen LogP contribution in [0.25, 0.3) is 0 Å². The molecule has 0 atom stereocenters. The van der Waals surface area contributed by atoms with Crippen LogP contribution in [-0.4, -0.2) is 34.2 Å². The van der Waals surface area contributed by atoms with Crippen LogP contribution in [0.5, 0.6) is 0 Å². The largest absolute Gasteiger partial charge is 0.372 e. The molecule has 2 rings (SSSR count). The fraction of sp³-hybridized carbons (Fsp3) is 0.357. The molecule has 1 aromatic carbocycles. The van der Waals surface area contributed by atoms with Gasteiger partial charge in [-0.3, -0.25) is 0 Å².